The summed E-state index contributed by atoms with van der Waals surface area (Å²) in [6, 6.07) is 18.5. The Balaban J connectivity index is 1.99. The summed E-state index contributed by atoms with van der Waals surface area (Å²) in [6.45, 7) is 3.78. The van der Waals surface area contributed by atoms with Crippen LogP contribution in [-0.2, 0) is 14.8 Å². The van der Waals surface area contributed by atoms with Gasteiger partial charge in [0.1, 0.15) is 17.2 Å². The second-order valence-corrected chi connectivity index (χ2v) is 9.15. The fourth-order valence-corrected chi connectivity index (χ4v) is 4.64. The molecular formula is C24H24ClNO6S. The van der Waals surface area contributed by atoms with Gasteiger partial charge in [-0.3, -0.25) is 4.79 Å². The lowest BCUT2D eigenvalue weighted by atomic mass is 10.2. The minimum Gasteiger partial charge on any atom is -0.497 e. The topological polar surface area (TPSA) is 82.1 Å². The van der Waals surface area contributed by atoms with Gasteiger partial charge in [-0.15, -0.1) is 0 Å². The standard InChI is InChI=1S/C24H24ClNO6S/c1-4-31-20-12-10-19(11-13-20)26(33(28,29)23-14-8-18(25)9-15-23)24(27)17(2)32-22-7-5-6-21(16-22)30-3/h5-17H,4H2,1-3H3. The molecule has 0 aliphatic rings. The predicted molar refractivity (Wildman–Crippen MR) is 127 cm³/mol. The van der Waals surface area contributed by atoms with E-state index in [1.165, 1.54) is 50.4 Å². The Hall–Kier alpha value is -3.23. The Morgan fingerprint density at radius 1 is 0.970 bits per heavy atom. The average Bonchev–Trinajstić information content (AvgIpc) is 2.80. The van der Waals surface area contributed by atoms with Crippen LogP contribution < -0.4 is 18.5 Å². The number of sulfonamides is 1. The van der Waals surface area contributed by atoms with Gasteiger partial charge in [0.25, 0.3) is 15.9 Å². The number of ether oxygens (including phenoxy) is 3. The molecule has 0 heterocycles. The van der Waals surface area contributed by atoms with Crippen LogP contribution in [0.25, 0.3) is 0 Å². The molecule has 0 saturated carbocycles. The third-order valence-corrected chi connectivity index (χ3v) is 6.63. The molecule has 174 valence electrons. The maximum absolute atomic E-state index is 13.5. The van der Waals surface area contributed by atoms with Crippen LogP contribution in [-0.4, -0.2) is 34.1 Å². The van der Waals surface area contributed by atoms with Gasteiger partial charge in [-0.2, -0.15) is 4.31 Å². The number of carbonyl (C=O) groups is 1. The third kappa shape index (κ3) is 5.77. The number of halogens is 1. The molecule has 0 aromatic heterocycles. The average molecular weight is 490 g/mol. The smallest absolute Gasteiger partial charge is 0.281 e. The van der Waals surface area contributed by atoms with Crippen molar-refractivity contribution in [3.63, 3.8) is 0 Å². The van der Waals surface area contributed by atoms with E-state index in [2.05, 4.69) is 0 Å². The molecule has 7 nitrogen and oxygen atoms in total. The Kier molecular flexibility index (Phi) is 7.84. The number of amides is 1. The van der Waals surface area contributed by atoms with Crippen molar-refractivity contribution in [2.45, 2.75) is 24.8 Å². The fraction of sp³-hybridized carbons (Fsp3) is 0.208. The van der Waals surface area contributed by atoms with Crippen LogP contribution >= 0.6 is 11.6 Å². The van der Waals surface area contributed by atoms with Gasteiger partial charge in [0.2, 0.25) is 0 Å². The molecule has 0 N–H and O–H groups in total. The lowest BCUT2D eigenvalue weighted by molar-refractivity contribution is -0.123. The molecule has 1 amide bonds. The number of methoxy groups -OCH3 is 1. The number of anilines is 1. The minimum atomic E-state index is -4.27. The SMILES string of the molecule is CCOc1ccc(N(C(=O)C(C)Oc2cccc(OC)c2)S(=O)(=O)c2ccc(Cl)cc2)cc1. The number of benzene rings is 3. The fourth-order valence-electron chi connectivity index (χ4n) is 3.04. The van der Waals surface area contributed by atoms with Gasteiger partial charge in [-0.25, -0.2) is 8.42 Å². The molecule has 3 rings (SSSR count). The van der Waals surface area contributed by atoms with E-state index in [0.717, 1.165) is 4.31 Å². The molecule has 0 radical (unpaired) electrons. The van der Waals surface area contributed by atoms with Crippen molar-refractivity contribution in [1.82, 2.24) is 0 Å². The number of rotatable bonds is 9. The Bertz CT molecular complexity index is 1200. The molecular weight excluding hydrogens is 466 g/mol. The quantitative estimate of drug-likeness (QED) is 0.423. The van der Waals surface area contributed by atoms with Crippen LogP contribution in [0.2, 0.25) is 5.02 Å². The van der Waals surface area contributed by atoms with Crippen LogP contribution in [0.1, 0.15) is 13.8 Å². The highest BCUT2D eigenvalue weighted by atomic mass is 35.5. The summed E-state index contributed by atoms with van der Waals surface area (Å²) in [6.07, 6.45) is -1.12. The van der Waals surface area contributed by atoms with Crippen LogP contribution in [0.15, 0.2) is 77.7 Å². The molecule has 0 fully saturated rings. The number of nitrogens with zero attached hydrogens (tertiary/aromatic N) is 1. The van der Waals surface area contributed by atoms with Gasteiger partial charge >= 0.3 is 0 Å². The molecule has 33 heavy (non-hydrogen) atoms. The summed E-state index contributed by atoms with van der Waals surface area (Å²) in [5.74, 6) is 0.699. The largest absolute Gasteiger partial charge is 0.497 e. The van der Waals surface area contributed by atoms with E-state index in [1.54, 1.807) is 36.4 Å². The first-order chi connectivity index (χ1) is 15.8. The van der Waals surface area contributed by atoms with Gasteiger partial charge in [0.05, 0.1) is 24.3 Å². The third-order valence-electron chi connectivity index (χ3n) is 4.64. The van der Waals surface area contributed by atoms with E-state index in [9.17, 15) is 13.2 Å². The molecule has 0 aliphatic carbocycles. The van der Waals surface area contributed by atoms with Crippen molar-refractivity contribution < 1.29 is 27.4 Å². The van der Waals surface area contributed by atoms with E-state index in [4.69, 9.17) is 25.8 Å². The van der Waals surface area contributed by atoms with E-state index >= 15 is 0 Å². The molecule has 0 bridgehead atoms. The Labute approximate surface area is 198 Å². The summed E-state index contributed by atoms with van der Waals surface area (Å²) in [5, 5.41) is 0.377. The Morgan fingerprint density at radius 2 is 1.61 bits per heavy atom. The first-order valence-corrected chi connectivity index (χ1v) is 12.0. The predicted octanol–water partition coefficient (Wildman–Crippen LogP) is 4.94. The lowest BCUT2D eigenvalue weighted by Gasteiger charge is -2.26. The molecule has 0 aliphatic heterocycles. The van der Waals surface area contributed by atoms with Gasteiger partial charge in [0, 0.05) is 11.1 Å². The van der Waals surface area contributed by atoms with Gasteiger partial charge in [-0.05, 0) is 74.5 Å². The zero-order valence-electron chi connectivity index (χ0n) is 18.4. The van der Waals surface area contributed by atoms with E-state index < -0.39 is 22.0 Å². The van der Waals surface area contributed by atoms with E-state index in [-0.39, 0.29) is 10.6 Å². The number of hydrogen-bond acceptors (Lipinski definition) is 6. The number of carbonyl (C=O) groups excluding carboxylic acids is 1. The highest BCUT2D eigenvalue weighted by Crippen LogP contribution is 2.29. The zero-order chi connectivity index (χ0) is 24.0. The Morgan fingerprint density at radius 3 is 2.21 bits per heavy atom. The summed E-state index contributed by atoms with van der Waals surface area (Å²) in [4.78, 5) is 13.4. The van der Waals surface area contributed by atoms with Crippen LogP contribution in [0.3, 0.4) is 0 Å². The summed E-state index contributed by atoms with van der Waals surface area (Å²) in [7, 11) is -2.75. The molecule has 0 spiro atoms. The molecule has 1 atom stereocenters. The van der Waals surface area contributed by atoms with Gasteiger partial charge in [0.15, 0.2) is 6.10 Å². The van der Waals surface area contributed by atoms with Gasteiger partial charge < -0.3 is 14.2 Å². The highest BCUT2D eigenvalue weighted by molar-refractivity contribution is 7.93. The van der Waals surface area contributed by atoms with Crippen LogP contribution in [0, 0.1) is 0 Å². The second kappa shape index (κ2) is 10.6. The summed E-state index contributed by atoms with van der Waals surface area (Å²) in [5.41, 5.74) is 0.152. The van der Waals surface area contributed by atoms with E-state index in [0.29, 0.717) is 28.9 Å². The lowest BCUT2D eigenvalue weighted by Crippen LogP contribution is -2.44. The van der Waals surface area contributed by atoms with Crippen molar-refractivity contribution in [1.29, 1.82) is 0 Å². The molecule has 9 heteroatoms. The van der Waals surface area contributed by atoms with E-state index in [1.807, 2.05) is 6.92 Å². The van der Waals surface area contributed by atoms with Crippen molar-refractivity contribution in [2.24, 2.45) is 0 Å². The second-order valence-electron chi connectivity index (χ2n) is 6.93. The van der Waals surface area contributed by atoms with Crippen LogP contribution in [0.5, 0.6) is 17.2 Å². The summed E-state index contributed by atoms with van der Waals surface area (Å²) >= 11 is 5.91. The summed E-state index contributed by atoms with van der Waals surface area (Å²) < 4.78 is 44.1. The zero-order valence-corrected chi connectivity index (χ0v) is 20.0. The molecule has 1 unspecified atom stereocenters. The maximum Gasteiger partial charge on any atom is 0.281 e. The van der Waals surface area contributed by atoms with Crippen molar-refractivity contribution in [3.05, 3.63) is 77.8 Å². The monoisotopic (exact) mass is 489 g/mol. The highest BCUT2D eigenvalue weighted by Gasteiger charge is 2.35. The van der Waals surface area contributed by atoms with Crippen LogP contribution in [0.4, 0.5) is 5.69 Å². The van der Waals surface area contributed by atoms with Gasteiger partial charge in [-0.1, -0.05) is 17.7 Å². The molecule has 3 aromatic rings. The molecule has 3 aromatic carbocycles. The number of hydrogen-bond donors (Lipinski definition) is 0. The first kappa shape index (κ1) is 24.4. The van der Waals surface area contributed by atoms with Crippen molar-refractivity contribution in [2.75, 3.05) is 18.0 Å². The normalized spacial score (nSPS) is 12.0. The first-order valence-electron chi connectivity index (χ1n) is 10.1. The van der Waals surface area contributed by atoms with Crippen molar-refractivity contribution in [3.8, 4) is 17.2 Å². The minimum absolute atomic E-state index is 0.0808. The molecule has 0 saturated heterocycles. The van der Waals surface area contributed by atoms with Crippen molar-refractivity contribution >= 4 is 33.2 Å². The maximum atomic E-state index is 13.5.